The van der Waals surface area contributed by atoms with Crippen molar-refractivity contribution in [3.05, 3.63) is 0 Å². The Hall–Kier alpha value is -0.900. The SMILES string of the molecule is COCCCCCNC(=O)CC(C)=O. The van der Waals surface area contributed by atoms with Crippen molar-refractivity contribution in [3.8, 4) is 0 Å². The smallest absolute Gasteiger partial charge is 0.227 e. The Morgan fingerprint density at radius 3 is 2.50 bits per heavy atom. The van der Waals surface area contributed by atoms with Crippen molar-refractivity contribution < 1.29 is 14.3 Å². The molecule has 0 rings (SSSR count). The van der Waals surface area contributed by atoms with Gasteiger partial charge in [0.15, 0.2) is 0 Å². The van der Waals surface area contributed by atoms with Gasteiger partial charge in [0.25, 0.3) is 0 Å². The van der Waals surface area contributed by atoms with Crippen molar-refractivity contribution in [3.63, 3.8) is 0 Å². The fourth-order valence-corrected chi connectivity index (χ4v) is 1.06. The van der Waals surface area contributed by atoms with Crippen molar-refractivity contribution in [1.82, 2.24) is 5.32 Å². The van der Waals surface area contributed by atoms with E-state index in [4.69, 9.17) is 4.74 Å². The second kappa shape index (κ2) is 8.69. The number of hydrogen-bond acceptors (Lipinski definition) is 3. The summed E-state index contributed by atoms with van der Waals surface area (Å²) in [5, 5.41) is 2.69. The van der Waals surface area contributed by atoms with E-state index >= 15 is 0 Å². The summed E-state index contributed by atoms with van der Waals surface area (Å²) in [6.07, 6.45) is 2.98. The fourth-order valence-electron chi connectivity index (χ4n) is 1.06. The number of ketones is 1. The Bertz CT molecular complexity index is 180. The van der Waals surface area contributed by atoms with Crippen LogP contribution in [0.3, 0.4) is 0 Å². The van der Waals surface area contributed by atoms with Crippen LogP contribution in [-0.2, 0) is 14.3 Å². The van der Waals surface area contributed by atoms with Crippen LogP contribution in [-0.4, -0.2) is 32.0 Å². The Balaban J connectivity index is 3.19. The predicted octanol–water partition coefficient (Wildman–Crippen LogP) is 0.898. The van der Waals surface area contributed by atoms with E-state index < -0.39 is 0 Å². The lowest BCUT2D eigenvalue weighted by Gasteiger charge is -2.03. The van der Waals surface area contributed by atoms with Gasteiger partial charge in [-0.1, -0.05) is 0 Å². The molecule has 14 heavy (non-hydrogen) atoms. The summed E-state index contributed by atoms with van der Waals surface area (Å²) < 4.78 is 4.89. The predicted molar refractivity (Wildman–Crippen MR) is 54.0 cm³/mol. The van der Waals surface area contributed by atoms with Gasteiger partial charge in [-0.2, -0.15) is 0 Å². The number of carbonyl (C=O) groups is 2. The molecule has 4 nitrogen and oxygen atoms in total. The largest absolute Gasteiger partial charge is 0.385 e. The fraction of sp³-hybridized carbons (Fsp3) is 0.800. The molecule has 0 bridgehead atoms. The maximum absolute atomic E-state index is 11.0. The van der Waals surface area contributed by atoms with Crippen LogP contribution in [0.5, 0.6) is 0 Å². The van der Waals surface area contributed by atoms with E-state index in [0.717, 1.165) is 25.9 Å². The first kappa shape index (κ1) is 13.1. The molecule has 0 aliphatic carbocycles. The molecule has 0 aromatic rings. The summed E-state index contributed by atoms with van der Waals surface area (Å²) in [5.74, 6) is -0.272. The third-order valence-electron chi connectivity index (χ3n) is 1.76. The zero-order valence-corrected chi connectivity index (χ0v) is 8.97. The van der Waals surface area contributed by atoms with Crippen LogP contribution < -0.4 is 5.32 Å². The van der Waals surface area contributed by atoms with Gasteiger partial charge in [0, 0.05) is 20.3 Å². The van der Waals surface area contributed by atoms with Crippen molar-refractivity contribution in [2.24, 2.45) is 0 Å². The molecule has 0 radical (unpaired) electrons. The molecular weight excluding hydrogens is 182 g/mol. The summed E-state index contributed by atoms with van der Waals surface area (Å²) in [7, 11) is 1.68. The first-order valence-electron chi connectivity index (χ1n) is 4.92. The standard InChI is InChI=1S/C10H19NO3/c1-9(12)8-10(13)11-6-4-3-5-7-14-2/h3-8H2,1-2H3,(H,11,13). The lowest BCUT2D eigenvalue weighted by molar-refractivity contribution is -0.127. The van der Waals surface area contributed by atoms with Crippen LogP contribution >= 0.6 is 0 Å². The van der Waals surface area contributed by atoms with E-state index in [1.54, 1.807) is 7.11 Å². The lowest BCUT2D eigenvalue weighted by atomic mass is 10.2. The molecule has 0 unspecified atom stereocenters. The summed E-state index contributed by atoms with van der Waals surface area (Å²) in [4.78, 5) is 21.5. The van der Waals surface area contributed by atoms with E-state index in [1.165, 1.54) is 6.92 Å². The first-order valence-corrected chi connectivity index (χ1v) is 4.92. The lowest BCUT2D eigenvalue weighted by Crippen LogP contribution is -2.25. The Labute approximate surface area is 85.0 Å². The average Bonchev–Trinajstić information content (AvgIpc) is 2.10. The molecule has 0 saturated heterocycles. The minimum absolute atomic E-state index is 0.00191. The molecule has 0 atom stereocenters. The minimum atomic E-state index is -0.177. The molecule has 1 N–H and O–H groups in total. The van der Waals surface area contributed by atoms with Gasteiger partial charge < -0.3 is 10.1 Å². The van der Waals surface area contributed by atoms with Gasteiger partial charge in [-0.25, -0.2) is 0 Å². The molecular formula is C10H19NO3. The number of ether oxygens (including phenoxy) is 1. The maximum atomic E-state index is 11.0. The molecule has 1 amide bonds. The van der Waals surface area contributed by atoms with Gasteiger partial charge in [0.2, 0.25) is 5.91 Å². The number of nitrogens with one attached hydrogen (secondary N) is 1. The van der Waals surface area contributed by atoms with Crippen molar-refractivity contribution >= 4 is 11.7 Å². The van der Waals surface area contributed by atoms with E-state index in [2.05, 4.69) is 5.32 Å². The van der Waals surface area contributed by atoms with Crippen LogP contribution in [0.25, 0.3) is 0 Å². The average molecular weight is 201 g/mol. The number of rotatable bonds is 8. The van der Waals surface area contributed by atoms with Gasteiger partial charge in [0.1, 0.15) is 5.78 Å². The quantitative estimate of drug-likeness (QED) is 0.469. The molecule has 0 aromatic heterocycles. The number of Topliss-reactive ketones (excluding diaryl/α,β-unsaturated/α-hetero) is 1. The van der Waals surface area contributed by atoms with Gasteiger partial charge in [-0.05, 0) is 26.2 Å². The molecule has 0 aliphatic rings. The summed E-state index contributed by atoms with van der Waals surface area (Å²) >= 11 is 0. The first-order chi connectivity index (χ1) is 6.66. The van der Waals surface area contributed by atoms with Gasteiger partial charge in [-0.15, -0.1) is 0 Å². The molecule has 0 saturated carbocycles. The molecule has 4 heteroatoms. The van der Waals surface area contributed by atoms with E-state index in [0.29, 0.717) is 6.54 Å². The summed E-state index contributed by atoms with van der Waals surface area (Å²) in [6.45, 7) is 2.83. The van der Waals surface area contributed by atoms with E-state index in [-0.39, 0.29) is 18.1 Å². The van der Waals surface area contributed by atoms with Crippen LogP contribution in [0.2, 0.25) is 0 Å². The van der Waals surface area contributed by atoms with Crippen molar-refractivity contribution in [1.29, 1.82) is 0 Å². The number of methoxy groups -OCH3 is 1. The van der Waals surface area contributed by atoms with Crippen LogP contribution in [0.15, 0.2) is 0 Å². The number of unbranched alkanes of at least 4 members (excludes halogenated alkanes) is 2. The number of amides is 1. The van der Waals surface area contributed by atoms with Gasteiger partial charge >= 0.3 is 0 Å². The highest BCUT2D eigenvalue weighted by Gasteiger charge is 2.02. The minimum Gasteiger partial charge on any atom is -0.385 e. The summed E-state index contributed by atoms with van der Waals surface area (Å²) in [6, 6.07) is 0. The molecule has 0 fully saturated rings. The highest BCUT2D eigenvalue weighted by atomic mass is 16.5. The van der Waals surface area contributed by atoms with Crippen molar-refractivity contribution in [2.45, 2.75) is 32.6 Å². The normalized spacial score (nSPS) is 9.86. The number of carbonyl (C=O) groups excluding carboxylic acids is 2. The van der Waals surface area contributed by atoms with Crippen LogP contribution in [0.1, 0.15) is 32.6 Å². The van der Waals surface area contributed by atoms with Crippen LogP contribution in [0, 0.1) is 0 Å². The highest BCUT2D eigenvalue weighted by molar-refractivity contribution is 5.96. The maximum Gasteiger partial charge on any atom is 0.227 e. The molecule has 0 spiro atoms. The topological polar surface area (TPSA) is 55.4 Å². The zero-order valence-electron chi connectivity index (χ0n) is 8.97. The summed E-state index contributed by atoms with van der Waals surface area (Å²) in [5.41, 5.74) is 0. The van der Waals surface area contributed by atoms with Crippen LogP contribution in [0.4, 0.5) is 0 Å². The molecule has 82 valence electrons. The van der Waals surface area contributed by atoms with Gasteiger partial charge in [-0.3, -0.25) is 9.59 Å². The second-order valence-corrected chi connectivity index (χ2v) is 3.28. The third-order valence-corrected chi connectivity index (χ3v) is 1.76. The highest BCUT2D eigenvalue weighted by Crippen LogP contribution is 1.94. The number of hydrogen-bond donors (Lipinski definition) is 1. The van der Waals surface area contributed by atoms with Crippen molar-refractivity contribution in [2.75, 3.05) is 20.3 Å². The Morgan fingerprint density at radius 2 is 1.93 bits per heavy atom. The second-order valence-electron chi connectivity index (χ2n) is 3.28. The molecule has 0 aromatic carbocycles. The molecule has 0 aliphatic heterocycles. The third kappa shape index (κ3) is 9.19. The van der Waals surface area contributed by atoms with Gasteiger partial charge in [0.05, 0.1) is 6.42 Å². The van der Waals surface area contributed by atoms with E-state index in [1.807, 2.05) is 0 Å². The monoisotopic (exact) mass is 201 g/mol. The molecule has 0 heterocycles. The zero-order chi connectivity index (χ0) is 10.8. The Kier molecular flexibility index (Phi) is 8.13. The van der Waals surface area contributed by atoms with E-state index in [9.17, 15) is 9.59 Å². The Morgan fingerprint density at radius 1 is 1.21 bits per heavy atom.